The molecule has 1 amide bonds. The van der Waals surface area contributed by atoms with E-state index in [0.29, 0.717) is 11.4 Å². The Labute approximate surface area is 202 Å². The minimum atomic E-state index is -0.110. The highest BCUT2D eigenvalue weighted by Gasteiger charge is 2.16. The minimum absolute atomic E-state index is 0.110. The molecule has 1 N–H and O–H groups in total. The topological polar surface area (TPSA) is 69.0 Å². The molecular formula is C25H26N4O2S2. The first-order chi connectivity index (χ1) is 16.1. The molecule has 0 atom stereocenters. The Hall–Kier alpha value is -3.10. The number of aryl methyl sites for hydroxylation is 2. The number of hydrogen-bond acceptors (Lipinski definition) is 6. The average Bonchev–Trinajstić information content (AvgIpc) is 3.47. The van der Waals surface area contributed by atoms with Gasteiger partial charge in [-0.1, -0.05) is 54.2 Å². The maximum absolute atomic E-state index is 12.7. The fraction of sp³-hybridized carbons (Fsp3) is 0.240. The van der Waals surface area contributed by atoms with Gasteiger partial charge in [0.05, 0.1) is 18.6 Å². The zero-order valence-electron chi connectivity index (χ0n) is 18.7. The predicted molar refractivity (Wildman–Crippen MR) is 134 cm³/mol. The van der Waals surface area contributed by atoms with Gasteiger partial charge in [-0.15, -0.1) is 21.5 Å². The van der Waals surface area contributed by atoms with Crippen LogP contribution in [0.3, 0.4) is 0 Å². The minimum Gasteiger partial charge on any atom is -0.495 e. The van der Waals surface area contributed by atoms with E-state index >= 15 is 0 Å². The summed E-state index contributed by atoms with van der Waals surface area (Å²) >= 11 is 3.11. The molecule has 0 aliphatic heterocycles. The van der Waals surface area contributed by atoms with E-state index in [0.717, 1.165) is 35.9 Å². The number of thioether (sulfide) groups is 1. The zero-order valence-corrected chi connectivity index (χ0v) is 20.3. The number of anilines is 1. The van der Waals surface area contributed by atoms with Gasteiger partial charge < -0.3 is 14.6 Å². The molecule has 2 aromatic heterocycles. The smallest absolute Gasteiger partial charge is 0.234 e. The number of amides is 1. The maximum atomic E-state index is 12.7. The summed E-state index contributed by atoms with van der Waals surface area (Å²) in [5, 5.41) is 14.6. The van der Waals surface area contributed by atoms with Gasteiger partial charge >= 0.3 is 0 Å². The first-order valence-corrected chi connectivity index (χ1v) is 12.5. The number of rotatable bonds is 10. The number of thiophene rings is 1. The van der Waals surface area contributed by atoms with Crippen LogP contribution in [0.4, 0.5) is 5.69 Å². The van der Waals surface area contributed by atoms with Gasteiger partial charge in [0.2, 0.25) is 5.91 Å². The van der Waals surface area contributed by atoms with Crippen molar-refractivity contribution in [2.45, 2.75) is 31.5 Å². The lowest BCUT2D eigenvalue weighted by Crippen LogP contribution is -2.16. The third kappa shape index (κ3) is 6.24. The number of nitrogens with one attached hydrogen (secondary N) is 1. The second-order valence-electron chi connectivity index (χ2n) is 7.58. The first kappa shape index (κ1) is 23.1. The molecule has 0 saturated carbocycles. The highest BCUT2D eigenvalue weighted by atomic mass is 32.2. The molecule has 6 nitrogen and oxygen atoms in total. The molecule has 0 radical (unpaired) electrons. The van der Waals surface area contributed by atoms with Gasteiger partial charge in [0, 0.05) is 17.8 Å². The largest absolute Gasteiger partial charge is 0.495 e. The molecule has 0 aliphatic rings. The third-order valence-electron chi connectivity index (χ3n) is 5.13. The van der Waals surface area contributed by atoms with Gasteiger partial charge in [0.25, 0.3) is 0 Å². The monoisotopic (exact) mass is 478 g/mol. The van der Waals surface area contributed by atoms with Gasteiger partial charge in [-0.25, -0.2) is 0 Å². The van der Waals surface area contributed by atoms with Crippen molar-refractivity contribution in [1.29, 1.82) is 0 Å². The summed E-state index contributed by atoms with van der Waals surface area (Å²) in [7, 11) is 1.60. The van der Waals surface area contributed by atoms with E-state index in [2.05, 4.69) is 43.7 Å². The van der Waals surface area contributed by atoms with Gasteiger partial charge in [-0.2, -0.15) is 0 Å². The molecule has 0 bridgehead atoms. The summed E-state index contributed by atoms with van der Waals surface area (Å²) < 4.78 is 7.50. The van der Waals surface area contributed by atoms with Crippen LogP contribution >= 0.6 is 23.1 Å². The van der Waals surface area contributed by atoms with Gasteiger partial charge in [-0.05, 0) is 48.1 Å². The quantitative estimate of drug-likeness (QED) is 0.317. The van der Waals surface area contributed by atoms with E-state index in [9.17, 15) is 4.79 Å². The van der Waals surface area contributed by atoms with Crippen LogP contribution < -0.4 is 10.1 Å². The average molecular weight is 479 g/mol. The maximum Gasteiger partial charge on any atom is 0.234 e. The first-order valence-electron chi connectivity index (χ1n) is 10.7. The number of benzene rings is 2. The standard InChI is InChI=1S/C25H26N4O2S2/c1-18-10-11-22(31-2)21(15-18)26-24(30)17-33-25-28-27-23(16-20-9-6-14-32-20)29(25)13-12-19-7-4-3-5-8-19/h3-11,14-15H,12-13,16-17H2,1-2H3,(H,26,30). The van der Waals surface area contributed by atoms with Crippen LogP contribution in [-0.2, 0) is 24.2 Å². The van der Waals surface area contributed by atoms with Crippen LogP contribution in [0.2, 0.25) is 0 Å². The van der Waals surface area contributed by atoms with E-state index in [1.165, 1.54) is 22.2 Å². The molecule has 170 valence electrons. The number of methoxy groups -OCH3 is 1. The Kier molecular flexibility index (Phi) is 7.80. The van der Waals surface area contributed by atoms with E-state index < -0.39 is 0 Å². The summed E-state index contributed by atoms with van der Waals surface area (Å²) in [6, 6.07) is 20.2. The van der Waals surface area contributed by atoms with Gasteiger partial charge in [0.15, 0.2) is 5.16 Å². The van der Waals surface area contributed by atoms with Crippen molar-refractivity contribution in [3.8, 4) is 5.75 Å². The Balaban J connectivity index is 1.46. The molecule has 0 saturated heterocycles. The van der Waals surface area contributed by atoms with Crippen molar-refractivity contribution < 1.29 is 9.53 Å². The second-order valence-corrected chi connectivity index (χ2v) is 9.56. The molecule has 0 aliphatic carbocycles. The number of ether oxygens (including phenoxy) is 1. The number of hydrogen-bond donors (Lipinski definition) is 1. The van der Waals surface area contributed by atoms with Crippen molar-refractivity contribution in [2.24, 2.45) is 0 Å². The summed E-state index contributed by atoms with van der Waals surface area (Å²) in [4.78, 5) is 13.9. The van der Waals surface area contributed by atoms with Crippen LogP contribution in [0.1, 0.15) is 21.8 Å². The Bertz CT molecular complexity index is 1190. The molecule has 33 heavy (non-hydrogen) atoms. The lowest BCUT2D eigenvalue weighted by molar-refractivity contribution is -0.113. The highest BCUT2D eigenvalue weighted by molar-refractivity contribution is 7.99. The fourth-order valence-corrected chi connectivity index (χ4v) is 4.96. The Morgan fingerprint density at radius 3 is 2.73 bits per heavy atom. The van der Waals surface area contributed by atoms with Gasteiger partial charge in [-0.3, -0.25) is 4.79 Å². The second kappa shape index (κ2) is 11.2. The highest BCUT2D eigenvalue weighted by Crippen LogP contribution is 2.26. The van der Waals surface area contributed by atoms with Crippen LogP contribution in [0.25, 0.3) is 0 Å². The van der Waals surface area contributed by atoms with Crippen molar-refractivity contribution in [3.63, 3.8) is 0 Å². The summed E-state index contributed by atoms with van der Waals surface area (Å²) in [5.41, 5.74) is 2.98. The fourth-order valence-electron chi connectivity index (χ4n) is 3.47. The summed E-state index contributed by atoms with van der Waals surface area (Å²) in [6.07, 6.45) is 1.60. The van der Waals surface area contributed by atoms with E-state index in [1.54, 1.807) is 18.4 Å². The molecule has 2 aromatic carbocycles. The summed E-state index contributed by atoms with van der Waals surface area (Å²) in [5.74, 6) is 1.68. The SMILES string of the molecule is COc1ccc(C)cc1NC(=O)CSc1nnc(Cc2cccs2)n1CCc1ccccc1. The van der Waals surface area contributed by atoms with Crippen LogP contribution in [-0.4, -0.2) is 33.5 Å². The molecule has 8 heteroatoms. The molecular weight excluding hydrogens is 452 g/mol. The third-order valence-corrected chi connectivity index (χ3v) is 6.98. The van der Waals surface area contributed by atoms with Crippen molar-refractivity contribution in [3.05, 3.63) is 87.9 Å². The number of carbonyl (C=O) groups is 1. The lowest BCUT2D eigenvalue weighted by Gasteiger charge is -2.12. The van der Waals surface area contributed by atoms with E-state index in [4.69, 9.17) is 4.74 Å². The predicted octanol–water partition coefficient (Wildman–Crippen LogP) is 5.22. The number of aromatic nitrogens is 3. The van der Waals surface area contributed by atoms with Gasteiger partial charge in [0.1, 0.15) is 11.6 Å². The molecule has 4 rings (SSSR count). The van der Waals surface area contributed by atoms with Crippen molar-refractivity contribution in [1.82, 2.24) is 14.8 Å². The van der Waals surface area contributed by atoms with Crippen LogP contribution in [0.5, 0.6) is 5.75 Å². The van der Waals surface area contributed by atoms with E-state index in [1.807, 2.05) is 49.4 Å². The molecule has 0 fully saturated rings. The Morgan fingerprint density at radius 2 is 1.97 bits per heavy atom. The lowest BCUT2D eigenvalue weighted by atomic mass is 10.1. The molecule has 0 spiro atoms. The molecule has 4 aromatic rings. The normalized spacial score (nSPS) is 10.8. The Morgan fingerprint density at radius 1 is 1.12 bits per heavy atom. The molecule has 0 unspecified atom stereocenters. The zero-order chi connectivity index (χ0) is 23.0. The van der Waals surface area contributed by atoms with Crippen LogP contribution in [0.15, 0.2) is 71.2 Å². The van der Waals surface area contributed by atoms with Crippen molar-refractivity contribution in [2.75, 3.05) is 18.2 Å². The number of nitrogens with zero attached hydrogens (tertiary/aromatic N) is 3. The van der Waals surface area contributed by atoms with Crippen LogP contribution in [0, 0.1) is 6.92 Å². The van der Waals surface area contributed by atoms with Crippen molar-refractivity contribution >= 4 is 34.7 Å². The summed E-state index contributed by atoms with van der Waals surface area (Å²) in [6.45, 7) is 2.74. The number of carbonyl (C=O) groups excluding carboxylic acids is 1. The van der Waals surface area contributed by atoms with E-state index in [-0.39, 0.29) is 11.7 Å². The molecule has 2 heterocycles.